The molecule has 26 heavy (non-hydrogen) atoms. The van der Waals surface area contributed by atoms with Crippen LogP contribution in [0.1, 0.15) is 27.7 Å². The first-order chi connectivity index (χ1) is 11.9. The van der Waals surface area contributed by atoms with E-state index in [1.54, 1.807) is 14.2 Å². The third-order valence-corrected chi connectivity index (χ3v) is 3.54. The number of hydrogen-bond acceptors (Lipinski definition) is 4. The lowest BCUT2D eigenvalue weighted by Gasteiger charge is -2.21. The van der Waals surface area contributed by atoms with Gasteiger partial charge in [0.15, 0.2) is 17.5 Å². The molecule has 3 N–H and O–H groups in total. The Morgan fingerprint density at radius 2 is 1.92 bits per heavy atom. The highest BCUT2D eigenvalue weighted by Crippen LogP contribution is 2.30. The number of methoxy groups -OCH3 is 1. The van der Waals surface area contributed by atoms with Gasteiger partial charge in [0.05, 0.1) is 25.7 Å². The second-order valence-electron chi connectivity index (χ2n) is 6.08. The molecule has 0 bridgehead atoms. The molecule has 0 saturated heterocycles. The zero-order valence-corrected chi connectivity index (χ0v) is 18.8. The highest BCUT2D eigenvalue weighted by molar-refractivity contribution is 14.0. The van der Waals surface area contributed by atoms with Crippen molar-refractivity contribution in [1.82, 2.24) is 10.6 Å². The van der Waals surface area contributed by atoms with Crippen LogP contribution in [-0.2, 0) is 4.79 Å². The van der Waals surface area contributed by atoms with Gasteiger partial charge in [0.2, 0.25) is 5.91 Å². The third-order valence-electron chi connectivity index (χ3n) is 3.54. The highest BCUT2D eigenvalue weighted by atomic mass is 127. The maximum absolute atomic E-state index is 11.9. The Morgan fingerprint density at radius 1 is 1.23 bits per heavy atom. The van der Waals surface area contributed by atoms with E-state index in [-0.39, 0.29) is 29.9 Å². The predicted octanol–water partition coefficient (Wildman–Crippen LogP) is 2.86. The molecule has 8 heteroatoms. The molecule has 0 aliphatic heterocycles. The molecule has 0 unspecified atom stereocenters. The number of hydrogen-bond donors (Lipinski definition) is 3. The summed E-state index contributed by atoms with van der Waals surface area (Å²) in [5.41, 5.74) is 0.231. The summed E-state index contributed by atoms with van der Waals surface area (Å²) in [6, 6.07) is 5.59. The van der Waals surface area contributed by atoms with E-state index in [9.17, 15) is 4.79 Å². The van der Waals surface area contributed by atoms with Crippen LogP contribution in [0.3, 0.4) is 0 Å². The second kappa shape index (κ2) is 11.8. The molecular formula is C18H31IN4O3. The second-order valence-corrected chi connectivity index (χ2v) is 6.08. The van der Waals surface area contributed by atoms with Gasteiger partial charge in [0, 0.05) is 25.3 Å². The van der Waals surface area contributed by atoms with Crippen molar-refractivity contribution in [2.75, 3.05) is 39.2 Å². The largest absolute Gasteiger partial charge is 0.493 e. The number of anilines is 1. The average Bonchev–Trinajstić information content (AvgIpc) is 2.59. The number of halogens is 1. The fourth-order valence-electron chi connectivity index (χ4n) is 2.15. The number of nitrogens with one attached hydrogen (secondary N) is 3. The van der Waals surface area contributed by atoms with Crippen molar-refractivity contribution in [1.29, 1.82) is 0 Å². The number of carbonyl (C=O) groups is 1. The van der Waals surface area contributed by atoms with Crippen LogP contribution in [-0.4, -0.2) is 45.7 Å². The molecule has 0 aromatic heterocycles. The van der Waals surface area contributed by atoms with E-state index in [0.29, 0.717) is 37.2 Å². The van der Waals surface area contributed by atoms with E-state index >= 15 is 0 Å². The first-order valence-electron chi connectivity index (χ1n) is 8.46. The molecule has 0 spiro atoms. The van der Waals surface area contributed by atoms with Gasteiger partial charge in [0.25, 0.3) is 0 Å². The Labute approximate surface area is 173 Å². The topological polar surface area (TPSA) is 84.0 Å². The van der Waals surface area contributed by atoms with E-state index in [4.69, 9.17) is 9.47 Å². The number of benzene rings is 1. The van der Waals surface area contributed by atoms with Gasteiger partial charge >= 0.3 is 0 Å². The Morgan fingerprint density at radius 3 is 2.46 bits per heavy atom. The molecule has 1 aromatic rings. The Bertz CT molecular complexity index is 606. The molecule has 1 amide bonds. The summed E-state index contributed by atoms with van der Waals surface area (Å²) < 4.78 is 10.9. The first kappa shape index (κ1) is 24.3. The van der Waals surface area contributed by atoms with Gasteiger partial charge in [-0.3, -0.25) is 9.79 Å². The summed E-state index contributed by atoms with van der Waals surface area (Å²) in [7, 11) is 3.24. The molecule has 7 nitrogen and oxygen atoms in total. The van der Waals surface area contributed by atoms with Crippen LogP contribution >= 0.6 is 24.0 Å². The van der Waals surface area contributed by atoms with Gasteiger partial charge in [-0.2, -0.15) is 0 Å². The van der Waals surface area contributed by atoms with Crippen molar-refractivity contribution in [2.24, 2.45) is 10.4 Å². The predicted molar refractivity (Wildman–Crippen MR) is 117 cm³/mol. The summed E-state index contributed by atoms with van der Waals surface area (Å²) >= 11 is 0. The van der Waals surface area contributed by atoms with E-state index in [0.717, 1.165) is 5.69 Å². The molecule has 0 aliphatic rings. The van der Waals surface area contributed by atoms with Gasteiger partial charge in [-0.15, -0.1) is 24.0 Å². The van der Waals surface area contributed by atoms with E-state index in [1.807, 2.05) is 45.9 Å². The van der Waals surface area contributed by atoms with E-state index < -0.39 is 5.41 Å². The Hall–Kier alpha value is -1.71. The molecule has 0 saturated carbocycles. The number of amides is 1. The zero-order valence-electron chi connectivity index (χ0n) is 16.4. The lowest BCUT2D eigenvalue weighted by Crippen LogP contribution is -2.38. The fraction of sp³-hybridized carbons (Fsp3) is 0.556. The number of guanidine groups is 1. The summed E-state index contributed by atoms with van der Waals surface area (Å²) in [6.07, 6.45) is 0. The first-order valence-corrected chi connectivity index (χ1v) is 8.46. The van der Waals surface area contributed by atoms with Crippen molar-refractivity contribution in [3.63, 3.8) is 0 Å². The van der Waals surface area contributed by atoms with Gasteiger partial charge < -0.3 is 25.4 Å². The van der Waals surface area contributed by atoms with Crippen LogP contribution in [0.5, 0.6) is 11.5 Å². The van der Waals surface area contributed by atoms with Crippen LogP contribution in [0.2, 0.25) is 0 Å². The van der Waals surface area contributed by atoms with Crippen molar-refractivity contribution in [3.8, 4) is 11.5 Å². The molecular weight excluding hydrogens is 447 g/mol. The summed E-state index contributed by atoms with van der Waals surface area (Å²) in [5, 5.41) is 9.07. The lowest BCUT2D eigenvalue weighted by atomic mass is 9.93. The van der Waals surface area contributed by atoms with Crippen LogP contribution in [0.25, 0.3) is 0 Å². The maximum atomic E-state index is 11.9. The van der Waals surface area contributed by atoms with Gasteiger partial charge in [-0.1, -0.05) is 0 Å². The van der Waals surface area contributed by atoms with Crippen LogP contribution in [0, 0.1) is 5.41 Å². The van der Waals surface area contributed by atoms with Gasteiger partial charge in [-0.05, 0) is 39.8 Å². The number of carbonyl (C=O) groups excluding carboxylic acids is 1. The summed E-state index contributed by atoms with van der Waals surface area (Å²) in [5.74, 6) is 1.90. The smallest absolute Gasteiger partial charge is 0.227 e. The standard InChI is InChI=1S/C18H30N4O3.HI/c1-7-20-17(21-12-18(3,4)16(23)19-5)22-13-9-10-14(24-6)15(11-13)25-8-2;/h9-11H,7-8,12H2,1-6H3,(H,19,23)(H2,20,21,22);1H. The van der Waals surface area contributed by atoms with E-state index in [2.05, 4.69) is 20.9 Å². The number of rotatable bonds is 8. The fourth-order valence-corrected chi connectivity index (χ4v) is 2.15. The minimum Gasteiger partial charge on any atom is -0.493 e. The van der Waals surface area contributed by atoms with Gasteiger partial charge in [-0.25, -0.2) is 0 Å². The van der Waals surface area contributed by atoms with Crippen molar-refractivity contribution in [3.05, 3.63) is 18.2 Å². The van der Waals surface area contributed by atoms with Crippen LogP contribution in [0.4, 0.5) is 5.69 Å². The molecule has 148 valence electrons. The third kappa shape index (κ3) is 7.27. The molecule has 0 fully saturated rings. The lowest BCUT2D eigenvalue weighted by molar-refractivity contribution is -0.128. The number of ether oxygens (including phenoxy) is 2. The van der Waals surface area contributed by atoms with Crippen molar-refractivity contribution < 1.29 is 14.3 Å². The SMILES string of the molecule is CCNC(=NCC(C)(C)C(=O)NC)Nc1ccc(OC)c(OCC)c1.I. The summed E-state index contributed by atoms with van der Waals surface area (Å²) in [6.45, 7) is 9.25. The highest BCUT2D eigenvalue weighted by Gasteiger charge is 2.26. The van der Waals surface area contributed by atoms with Crippen LogP contribution in [0.15, 0.2) is 23.2 Å². The summed E-state index contributed by atoms with van der Waals surface area (Å²) in [4.78, 5) is 16.4. The van der Waals surface area contributed by atoms with Crippen molar-refractivity contribution in [2.45, 2.75) is 27.7 Å². The van der Waals surface area contributed by atoms with Crippen LogP contribution < -0.4 is 25.4 Å². The Kier molecular flexibility index (Phi) is 11.0. The zero-order chi connectivity index (χ0) is 18.9. The molecule has 0 heterocycles. The molecule has 0 atom stereocenters. The van der Waals surface area contributed by atoms with E-state index in [1.165, 1.54) is 0 Å². The monoisotopic (exact) mass is 478 g/mol. The number of nitrogens with zero attached hydrogens (tertiary/aromatic N) is 1. The quantitative estimate of drug-likeness (QED) is 0.304. The normalized spacial score (nSPS) is 11.2. The van der Waals surface area contributed by atoms with Gasteiger partial charge in [0.1, 0.15) is 0 Å². The van der Waals surface area contributed by atoms with Crippen molar-refractivity contribution >= 4 is 41.5 Å². The molecule has 1 rings (SSSR count). The molecule has 1 aromatic carbocycles. The minimum absolute atomic E-state index is 0. The minimum atomic E-state index is -0.590. The number of aliphatic imine (C=N–C) groups is 1. The average molecular weight is 478 g/mol. The maximum Gasteiger partial charge on any atom is 0.227 e. The Balaban J connectivity index is 0.00000625. The molecule has 0 aliphatic carbocycles. The molecule has 0 radical (unpaired) electrons.